The standard InChI is InChI=1S/C14H25ClN4O/c1-14(2,3)6-7-16-11-10-17-19(9-8-18(4)5)13(20)12(11)15/h10,16H,6-9H2,1-5H3. The molecule has 1 aromatic heterocycles. The SMILES string of the molecule is CN(C)CCn1ncc(NCCC(C)(C)C)c(Cl)c1=O. The van der Waals surface area contributed by atoms with E-state index >= 15 is 0 Å². The molecule has 0 fully saturated rings. The third-order valence-corrected chi connectivity index (χ3v) is 3.30. The average molecular weight is 301 g/mol. The molecule has 0 amide bonds. The number of likely N-dealkylation sites (N-methyl/N-ethyl adjacent to an activating group) is 1. The summed E-state index contributed by atoms with van der Waals surface area (Å²) < 4.78 is 1.40. The maximum atomic E-state index is 12.1. The Labute approximate surface area is 125 Å². The van der Waals surface area contributed by atoms with Gasteiger partial charge in [-0.3, -0.25) is 4.79 Å². The number of hydrogen-bond acceptors (Lipinski definition) is 4. The number of rotatable bonds is 6. The van der Waals surface area contributed by atoms with Gasteiger partial charge >= 0.3 is 0 Å². The maximum Gasteiger partial charge on any atom is 0.287 e. The van der Waals surface area contributed by atoms with Crippen molar-refractivity contribution in [3.05, 3.63) is 21.6 Å². The molecule has 0 aromatic carbocycles. The first kappa shape index (κ1) is 17.0. The van der Waals surface area contributed by atoms with Gasteiger partial charge in [0.2, 0.25) is 0 Å². The van der Waals surface area contributed by atoms with Gasteiger partial charge in [-0.15, -0.1) is 0 Å². The van der Waals surface area contributed by atoms with E-state index in [9.17, 15) is 4.79 Å². The molecule has 114 valence electrons. The van der Waals surface area contributed by atoms with Gasteiger partial charge < -0.3 is 10.2 Å². The van der Waals surface area contributed by atoms with Gasteiger partial charge in [-0.25, -0.2) is 4.68 Å². The zero-order chi connectivity index (χ0) is 15.3. The molecular weight excluding hydrogens is 276 g/mol. The number of aromatic nitrogens is 2. The van der Waals surface area contributed by atoms with Gasteiger partial charge in [0.1, 0.15) is 5.02 Å². The molecule has 1 heterocycles. The van der Waals surface area contributed by atoms with Gasteiger partial charge in [-0.05, 0) is 25.9 Å². The minimum Gasteiger partial charge on any atom is -0.382 e. The smallest absolute Gasteiger partial charge is 0.287 e. The van der Waals surface area contributed by atoms with Crippen LogP contribution < -0.4 is 10.9 Å². The van der Waals surface area contributed by atoms with E-state index in [0.717, 1.165) is 19.5 Å². The molecule has 0 unspecified atom stereocenters. The first-order valence-electron chi connectivity index (χ1n) is 6.85. The predicted molar refractivity (Wildman–Crippen MR) is 84.6 cm³/mol. The van der Waals surface area contributed by atoms with Crippen molar-refractivity contribution >= 4 is 17.3 Å². The van der Waals surface area contributed by atoms with Gasteiger partial charge in [-0.1, -0.05) is 32.4 Å². The lowest BCUT2D eigenvalue weighted by atomic mass is 9.92. The zero-order valence-electron chi connectivity index (χ0n) is 13.0. The van der Waals surface area contributed by atoms with Crippen LogP contribution in [-0.4, -0.2) is 41.9 Å². The van der Waals surface area contributed by atoms with E-state index in [1.165, 1.54) is 4.68 Å². The van der Waals surface area contributed by atoms with Crippen LogP contribution >= 0.6 is 11.6 Å². The molecule has 0 saturated carbocycles. The highest BCUT2D eigenvalue weighted by Crippen LogP contribution is 2.20. The molecule has 0 spiro atoms. The largest absolute Gasteiger partial charge is 0.382 e. The number of anilines is 1. The van der Waals surface area contributed by atoms with Crippen LogP contribution in [-0.2, 0) is 6.54 Å². The Morgan fingerprint density at radius 3 is 2.60 bits per heavy atom. The average Bonchev–Trinajstić information content (AvgIpc) is 2.32. The van der Waals surface area contributed by atoms with E-state index in [1.54, 1.807) is 6.20 Å². The Balaban J connectivity index is 2.71. The highest BCUT2D eigenvalue weighted by molar-refractivity contribution is 6.32. The van der Waals surface area contributed by atoms with Crippen LogP contribution in [0.1, 0.15) is 27.2 Å². The Kier molecular flexibility index (Phi) is 6.02. The first-order chi connectivity index (χ1) is 9.20. The molecule has 1 aromatic rings. The summed E-state index contributed by atoms with van der Waals surface area (Å²) >= 11 is 6.11. The molecule has 1 N–H and O–H groups in total. The Morgan fingerprint density at radius 1 is 1.40 bits per heavy atom. The maximum absolute atomic E-state index is 12.1. The fraction of sp³-hybridized carbons (Fsp3) is 0.714. The van der Waals surface area contributed by atoms with Crippen molar-refractivity contribution < 1.29 is 0 Å². The molecule has 0 aliphatic carbocycles. The molecule has 0 bridgehead atoms. The van der Waals surface area contributed by atoms with Gasteiger partial charge in [0.05, 0.1) is 18.4 Å². The summed E-state index contributed by atoms with van der Waals surface area (Å²) in [5, 5.41) is 7.56. The van der Waals surface area contributed by atoms with Crippen molar-refractivity contribution in [2.75, 3.05) is 32.5 Å². The third-order valence-electron chi connectivity index (χ3n) is 2.93. The van der Waals surface area contributed by atoms with Gasteiger partial charge in [0, 0.05) is 13.1 Å². The second-order valence-corrected chi connectivity index (χ2v) is 6.82. The molecule has 5 nitrogen and oxygen atoms in total. The van der Waals surface area contributed by atoms with Crippen LogP contribution in [0.4, 0.5) is 5.69 Å². The molecule has 0 aliphatic heterocycles. The lowest BCUT2D eigenvalue weighted by Crippen LogP contribution is -2.29. The molecule has 0 radical (unpaired) electrons. The second kappa shape index (κ2) is 7.09. The van der Waals surface area contributed by atoms with Crippen LogP contribution in [0.5, 0.6) is 0 Å². The van der Waals surface area contributed by atoms with Gasteiger partial charge in [0.25, 0.3) is 5.56 Å². The van der Waals surface area contributed by atoms with Gasteiger partial charge in [0.15, 0.2) is 0 Å². The number of halogens is 1. The monoisotopic (exact) mass is 300 g/mol. The topological polar surface area (TPSA) is 50.2 Å². The molecule has 0 aliphatic rings. The van der Waals surface area contributed by atoms with Crippen molar-refractivity contribution in [1.29, 1.82) is 0 Å². The van der Waals surface area contributed by atoms with Crippen LogP contribution in [0, 0.1) is 5.41 Å². The summed E-state index contributed by atoms with van der Waals surface area (Å²) in [6, 6.07) is 0. The zero-order valence-corrected chi connectivity index (χ0v) is 13.8. The third kappa shape index (κ3) is 5.51. The molecular formula is C14H25ClN4O. The van der Waals surface area contributed by atoms with E-state index in [0.29, 0.717) is 12.2 Å². The van der Waals surface area contributed by atoms with Crippen molar-refractivity contribution in [3.8, 4) is 0 Å². The highest BCUT2D eigenvalue weighted by Gasteiger charge is 2.12. The van der Waals surface area contributed by atoms with E-state index in [2.05, 4.69) is 31.2 Å². The van der Waals surface area contributed by atoms with E-state index in [-0.39, 0.29) is 16.0 Å². The molecule has 0 atom stereocenters. The summed E-state index contributed by atoms with van der Waals surface area (Å²) in [6.45, 7) is 8.58. The molecule has 6 heteroatoms. The van der Waals surface area contributed by atoms with E-state index < -0.39 is 0 Å². The Bertz CT molecular complexity index is 491. The van der Waals surface area contributed by atoms with Gasteiger partial charge in [-0.2, -0.15) is 5.10 Å². The van der Waals surface area contributed by atoms with Crippen molar-refractivity contribution in [3.63, 3.8) is 0 Å². The van der Waals surface area contributed by atoms with Crippen LogP contribution in [0.25, 0.3) is 0 Å². The lowest BCUT2D eigenvalue weighted by molar-refractivity contribution is 0.367. The minimum atomic E-state index is -0.241. The Morgan fingerprint density at radius 2 is 2.05 bits per heavy atom. The molecule has 0 saturated heterocycles. The number of nitrogens with one attached hydrogen (secondary N) is 1. The number of nitrogens with zero attached hydrogens (tertiary/aromatic N) is 3. The Hall–Kier alpha value is -1.07. The quantitative estimate of drug-likeness (QED) is 0.876. The van der Waals surface area contributed by atoms with E-state index in [1.807, 2.05) is 19.0 Å². The lowest BCUT2D eigenvalue weighted by Gasteiger charge is -2.19. The molecule has 20 heavy (non-hydrogen) atoms. The number of hydrogen-bond donors (Lipinski definition) is 1. The van der Waals surface area contributed by atoms with Crippen LogP contribution in [0.3, 0.4) is 0 Å². The van der Waals surface area contributed by atoms with Crippen molar-refractivity contribution in [2.45, 2.75) is 33.7 Å². The van der Waals surface area contributed by atoms with Crippen molar-refractivity contribution in [2.24, 2.45) is 5.41 Å². The molecule has 1 rings (SSSR count). The van der Waals surface area contributed by atoms with Crippen molar-refractivity contribution in [1.82, 2.24) is 14.7 Å². The van der Waals surface area contributed by atoms with Crippen LogP contribution in [0.15, 0.2) is 11.0 Å². The summed E-state index contributed by atoms with van der Waals surface area (Å²) in [4.78, 5) is 14.1. The second-order valence-electron chi connectivity index (χ2n) is 6.44. The van der Waals surface area contributed by atoms with E-state index in [4.69, 9.17) is 11.6 Å². The summed E-state index contributed by atoms with van der Waals surface area (Å²) in [5.74, 6) is 0. The minimum absolute atomic E-state index is 0.215. The van der Waals surface area contributed by atoms with Crippen LogP contribution in [0.2, 0.25) is 5.02 Å². The first-order valence-corrected chi connectivity index (χ1v) is 7.23. The highest BCUT2D eigenvalue weighted by atomic mass is 35.5. The summed E-state index contributed by atoms with van der Waals surface area (Å²) in [5.41, 5.74) is 0.615. The summed E-state index contributed by atoms with van der Waals surface area (Å²) in [6.07, 6.45) is 2.62. The fourth-order valence-corrected chi connectivity index (χ4v) is 1.83. The predicted octanol–water partition coefficient (Wildman–Crippen LogP) is 2.31. The fourth-order valence-electron chi connectivity index (χ4n) is 1.61. The normalized spacial score (nSPS) is 11.9. The summed E-state index contributed by atoms with van der Waals surface area (Å²) in [7, 11) is 3.91.